The van der Waals surface area contributed by atoms with Crippen LogP contribution in [0.3, 0.4) is 0 Å². The lowest BCUT2D eigenvalue weighted by Crippen LogP contribution is -2.53. The van der Waals surface area contributed by atoms with Gasteiger partial charge in [0.15, 0.2) is 0 Å². The average molecular weight is 421 g/mol. The Morgan fingerprint density at radius 2 is 1.41 bits per heavy atom. The molecule has 0 spiro atoms. The molecule has 1 fully saturated rings. The maximum atomic E-state index is 13.2. The van der Waals surface area contributed by atoms with E-state index in [4.69, 9.17) is 0 Å². The third-order valence-electron chi connectivity index (χ3n) is 5.66. The highest BCUT2D eigenvalue weighted by atomic mass is 19.4. The molecule has 0 unspecified atom stereocenters. The summed E-state index contributed by atoms with van der Waals surface area (Å²) < 4.78 is 91.6. The van der Waals surface area contributed by atoms with Crippen LogP contribution in [0.2, 0.25) is 0 Å². The third-order valence-corrected chi connectivity index (χ3v) is 5.66. The Hall–Kier alpha value is -2.13. The van der Waals surface area contributed by atoms with Crippen molar-refractivity contribution in [3.63, 3.8) is 0 Å². The van der Waals surface area contributed by atoms with Crippen LogP contribution in [0.1, 0.15) is 29.5 Å². The van der Waals surface area contributed by atoms with Crippen LogP contribution >= 0.6 is 0 Å². The van der Waals surface area contributed by atoms with Gasteiger partial charge in [-0.1, -0.05) is 43.3 Å². The van der Waals surface area contributed by atoms with Crippen LogP contribution < -0.4 is 5.32 Å². The lowest BCUT2D eigenvalue weighted by molar-refractivity contribution is -0.376. The minimum Gasteiger partial charge on any atom is -0.369 e. The van der Waals surface area contributed by atoms with Crippen molar-refractivity contribution in [3.05, 3.63) is 71.0 Å². The fraction of sp³-hybridized carbons (Fsp3) is 0.400. The van der Waals surface area contributed by atoms with E-state index in [1.807, 2.05) is 6.92 Å². The molecule has 0 radical (unpaired) electrons. The third kappa shape index (κ3) is 3.50. The molecule has 2 aromatic carbocycles. The summed E-state index contributed by atoms with van der Waals surface area (Å²) in [6.45, 7) is 2.83. The number of benzene rings is 2. The molecule has 29 heavy (non-hydrogen) atoms. The SMILES string of the molecule is C[C@]1(c2ccc(F)cc2)CNC[C@H]1c1ccc(C(O)(C(F)(F)F)C(F)(F)F)cc1. The molecule has 0 aliphatic carbocycles. The van der Waals surface area contributed by atoms with E-state index in [-0.39, 0.29) is 5.92 Å². The number of rotatable bonds is 3. The molecule has 1 aliphatic heterocycles. The number of aliphatic hydroxyl groups is 1. The van der Waals surface area contributed by atoms with E-state index in [0.29, 0.717) is 30.8 Å². The molecule has 2 aromatic rings. The van der Waals surface area contributed by atoms with Crippen molar-refractivity contribution >= 4 is 0 Å². The van der Waals surface area contributed by atoms with Crippen LogP contribution in [0, 0.1) is 5.82 Å². The maximum absolute atomic E-state index is 13.2. The van der Waals surface area contributed by atoms with Gasteiger partial charge in [-0.15, -0.1) is 0 Å². The smallest absolute Gasteiger partial charge is 0.369 e. The zero-order valence-corrected chi connectivity index (χ0v) is 15.2. The zero-order valence-electron chi connectivity index (χ0n) is 15.2. The zero-order chi connectivity index (χ0) is 21.7. The second kappa shape index (κ2) is 6.98. The Morgan fingerprint density at radius 3 is 1.90 bits per heavy atom. The van der Waals surface area contributed by atoms with Gasteiger partial charge in [-0.05, 0) is 23.3 Å². The van der Waals surface area contributed by atoms with Crippen molar-refractivity contribution in [2.75, 3.05) is 13.1 Å². The molecule has 3 rings (SSSR count). The second-order valence-electron chi connectivity index (χ2n) is 7.44. The van der Waals surface area contributed by atoms with Crippen LogP contribution in [0.25, 0.3) is 0 Å². The predicted octanol–water partition coefficient (Wildman–Crippen LogP) is 4.78. The molecule has 0 saturated carbocycles. The molecular weight excluding hydrogens is 403 g/mol. The molecular formula is C20H18F7NO. The fourth-order valence-corrected chi connectivity index (χ4v) is 3.89. The molecule has 1 aliphatic rings. The van der Waals surface area contributed by atoms with Gasteiger partial charge in [0.1, 0.15) is 5.82 Å². The van der Waals surface area contributed by atoms with Crippen molar-refractivity contribution in [3.8, 4) is 0 Å². The Kier molecular flexibility index (Phi) is 5.20. The van der Waals surface area contributed by atoms with Gasteiger partial charge in [0.25, 0.3) is 5.60 Å². The van der Waals surface area contributed by atoms with E-state index in [0.717, 1.165) is 17.7 Å². The monoisotopic (exact) mass is 421 g/mol. The van der Waals surface area contributed by atoms with Crippen molar-refractivity contribution in [2.45, 2.75) is 36.2 Å². The number of alkyl halides is 6. The lowest BCUT2D eigenvalue weighted by Gasteiger charge is -2.34. The van der Waals surface area contributed by atoms with Crippen LogP contribution in [-0.4, -0.2) is 30.5 Å². The van der Waals surface area contributed by atoms with E-state index in [1.165, 1.54) is 12.1 Å². The molecule has 2 atom stereocenters. The largest absolute Gasteiger partial charge is 0.430 e. The van der Waals surface area contributed by atoms with Crippen molar-refractivity contribution in [1.82, 2.24) is 5.32 Å². The first-order valence-corrected chi connectivity index (χ1v) is 8.74. The number of hydrogen-bond donors (Lipinski definition) is 2. The van der Waals surface area contributed by atoms with Gasteiger partial charge < -0.3 is 10.4 Å². The van der Waals surface area contributed by atoms with Crippen LogP contribution in [0.15, 0.2) is 48.5 Å². The quantitative estimate of drug-likeness (QED) is 0.699. The molecule has 0 amide bonds. The van der Waals surface area contributed by atoms with Crippen molar-refractivity contribution in [2.24, 2.45) is 0 Å². The Labute approximate surface area is 162 Å². The van der Waals surface area contributed by atoms with Gasteiger partial charge in [0.2, 0.25) is 0 Å². The Balaban J connectivity index is 1.98. The highest BCUT2D eigenvalue weighted by Crippen LogP contribution is 2.50. The summed E-state index contributed by atoms with van der Waals surface area (Å²) in [5.41, 5.74) is -5.49. The van der Waals surface area contributed by atoms with Gasteiger partial charge in [-0.3, -0.25) is 0 Å². The van der Waals surface area contributed by atoms with E-state index >= 15 is 0 Å². The summed E-state index contributed by atoms with van der Waals surface area (Å²) in [6, 6.07) is 9.44. The van der Waals surface area contributed by atoms with E-state index < -0.39 is 34.7 Å². The Morgan fingerprint density at radius 1 is 0.897 bits per heavy atom. The van der Waals surface area contributed by atoms with Crippen molar-refractivity contribution < 1.29 is 35.8 Å². The molecule has 1 heterocycles. The van der Waals surface area contributed by atoms with Crippen LogP contribution in [0.4, 0.5) is 30.7 Å². The van der Waals surface area contributed by atoms with E-state index in [2.05, 4.69) is 5.32 Å². The molecule has 0 bridgehead atoms. The normalized spacial score (nSPS) is 23.4. The summed E-state index contributed by atoms with van der Waals surface area (Å²) in [7, 11) is 0. The summed E-state index contributed by atoms with van der Waals surface area (Å²) in [4.78, 5) is 0. The minimum absolute atomic E-state index is 0.271. The topological polar surface area (TPSA) is 32.3 Å². The molecule has 2 nitrogen and oxygen atoms in total. The van der Waals surface area contributed by atoms with Crippen LogP contribution in [-0.2, 0) is 11.0 Å². The summed E-state index contributed by atoms with van der Waals surface area (Å²) in [5.74, 6) is -0.685. The van der Waals surface area contributed by atoms with Gasteiger partial charge in [0, 0.05) is 30.0 Å². The summed E-state index contributed by atoms with van der Waals surface area (Å²) in [5, 5.41) is 12.7. The molecule has 2 N–H and O–H groups in total. The van der Waals surface area contributed by atoms with Crippen LogP contribution in [0.5, 0.6) is 0 Å². The Bertz CT molecular complexity index is 844. The van der Waals surface area contributed by atoms with Crippen molar-refractivity contribution in [1.29, 1.82) is 0 Å². The maximum Gasteiger partial charge on any atom is 0.430 e. The standard InChI is InChI=1S/C20H18F7NO/c1-17(13-6-8-15(21)9-7-13)11-28-10-16(17)12-2-4-14(5-3-12)18(29,19(22,23)24)20(25,26)27/h2-9,16,28-29H,10-11H2,1H3/t16-,17+/m0/s1. The van der Waals surface area contributed by atoms with E-state index in [1.54, 1.807) is 12.1 Å². The van der Waals surface area contributed by atoms with Gasteiger partial charge in [0.05, 0.1) is 0 Å². The average Bonchev–Trinajstić information content (AvgIpc) is 3.02. The molecule has 158 valence electrons. The van der Waals surface area contributed by atoms with Gasteiger partial charge >= 0.3 is 12.4 Å². The number of hydrogen-bond acceptors (Lipinski definition) is 2. The highest BCUT2D eigenvalue weighted by Gasteiger charge is 2.71. The van der Waals surface area contributed by atoms with Gasteiger partial charge in [-0.2, -0.15) is 26.3 Å². The molecule has 0 aromatic heterocycles. The number of halogens is 7. The lowest BCUT2D eigenvalue weighted by atomic mass is 9.71. The summed E-state index contributed by atoms with van der Waals surface area (Å²) >= 11 is 0. The number of nitrogens with one attached hydrogen (secondary N) is 1. The fourth-order valence-electron chi connectivity index (χ4n) is 3.89. The first kappa shape index (κ1) is 21.6. The second-order valence-corrected chi connectivity index (χ2v) is 7.44. The first-order chi connectivity index (χ1) is 13.3. The molecule has 9 heteroatoms. The van der Waals surface area contributed by atoms with Gasteiger partial charge in [-0.25, -0.2) is 4.39 Å². The highest BCUT2D eigenvalue weighted by molar-refractivity contribution is 5.39. The predicted molar refractivity (Wildman–Crippen MR) is 91.8 cm³/mol. The summed E-state index contributed by atoms with van der Waals surface area (Å²) in [6.07, 6.45) is -11.9. The molecule has 1 saturated heterocycles. The minimum atomic E-state index is -5.93. The first-order valence-electron chi connectivity index (χ1n) is 8.74. The van der Waals surface area contributed by atoms with E-state index in [9.17, 15) is 35.8 Å².